The molecule has 1 atom stereocenters. The molecule has 108 valence electrons. The Hall–Kier alpha value is -0.580. The molecular weight excluding hydrogens is 306 g/mol. The maximum Gasteiger partial charge on any atom is 0.124 e. The van der Waals surface area contributed by atoms with E-state index in [1.54, 1.807) is 6.92 Å². The smallest absolute Gasteiger partial charge is 0.124 e. The van der Waals surface area contributed by atoms with E-state index in [1.807, 2.05) is 32.0 Å². The summed E-state index contributed by atoms with van der Waals surface area (Å²) in [5, 5.41) is 13.5. The van der Waals surface area contributed by atoms with Crippen LogP contribution in [0.5, 0.6) is 5.75 Å². The summed E-state index contributed by atoms with van der Waals surface area (Å²) in [6.45, 7) is 9.83. The van der Waals surface area contributed by atoms with Crippen molar-refractivity contribution in [2.45, 2.75) is 39.8 Å². The summed E-state index contributed by atoms with van der Waals surface area (Å²) in [4.78, 5) is 0. The number of aliphatic hydroxyl groups is 1. The third kappa shape index (κ3) is 5.13. The molecule has 0 aliphatic rings. The van der Waals surface area contributed by atoms with E-state index in [0.717, 1.165) is 28.9 Å². The summed E-state index contributed by atoms with van der Waals surface area (Å²) in [6, 6.07) is 5.93. The second kappa shape index (κ2) is 7.27. The summed E-state index contributed by atoms with van der Waals surface area (Å²) in [6.07, 6.45) is 0. The van der Waals surface area contributed by atoms with Crippen LogP contribution >= 0.6 is 15.9 Å². The highest BCUT2D eigenvalue weighted by Crippen LogP contribution is 2.25. The molecule has 1 unspecified atom stereocenters. The molecule has 0 radical (unpaired) electrons. The van der Waals surface area contributed by atoms with Gasteiger partial charge in [0.2, 0.25) is 0 Å². The average molecular weight is 330 g/mol. The zero-order valence-corrected chi connectivity index (χ0v) is 13.8. The van der Waals surface area contributed by atoms with Crippen molar-refractivity contribution in [3.05, 3.63) is 28.2 Å². The molecule has 2 N–H and O–H groups in total. The van der Waals surface area contributed by atoms with Crippen LogP contribution < -0.4 is 10.1 Å². The number of nitrogens with one attached hydrogen (secondary N) is 1. The monoisotopic (exact) mass is 329 g/mol. The van der Waals surface area contributed by atoms with Crippen molar-refractivity contribution in [2.24, 2.45) is 5.92 Å². The van der Waals surface area contributed by atoms with Gasteiger partial charge in [-0.3, -0.25) is 0 Å². The Morgan fingerprint density at radius 3 is 2.68 bits per heavy atom. The minimum absolute atomic E-state index is 0.153. The Labute approximate surface area is 124 Å². The van der Waals surface area contributed by atoms with E-state index in [0.29, 0.717) is 6.61 Å². The van der Waals surface area contributed by atoms with Crippen molar-refractivity contribution >= 4 is 15.9 Å². The molecule has 4 heteroatoms. The predicted octanol–water partition coefficient (Wildman–Crippen LogP) is 3.34. The largest absolute Gasteiger partial charge is 0.490 e. The van der Waals surface area contributed by atoms with Crippen LogP contribution in [0.1, 0.15) is 33.3 Å². The zero-order valence-electron chi connectivity index (χ0n) is 12.2. The molecule has 0 saturated heterocycles. The van der Waals surface area contributed by atoms with Gasteiger partial charge in [-0.05, 0) is 37.6 Å². The first-order valence-electron chi connectivity index (χ1n) is 6.71. The normalized spacial score (nSPS) is 14.5. The number of hydrogen-bond donors (Lipinski definition) is 2. The van der Waals surface area contributed by atoms with Crippen molar-refractivity contribution in [1.29, 1.82) is 0 Å². The Kier molecular flexibility index (Phi) is 6.30. The number of rotatable bonds is 7. The Morgan fingerprint density at radius 2 is 2.11 bits per heavy atom. The summed E-state index contributed by atoms with van der Waals surface area (Å²) < 4.78 is 6.84. The zero-order chi connectivity index (χ0) is 14.5. The Bertz CT molecular complexity index is 405. The lowest BCUT2D eigenvalue weighted by atomic mass is 9.94. The highest BCUT2D eigenvalue weighted by atomic mass is 79.9. The highest BCUT2D eigenvalue weighted by molar-refractivity contribution is 9.10. The Balaban J connectivity index is 2.77. The maximum atomic E-state index is 10.2. The SMILES string of the molecule is CCNCc1cc(Br)ccc1OCC(C)(O)C(C)C. The lowest BCUT2D eigenvalue weighted by molar-refractivity contribution is -0.0268. The second-order valence-electron chi connectivity index (χ2n) is 5.33. The first-order valence-corrected chi connectivity index (χ1v) is 7.50. The summed E-state index contributed by atoms with van der Waals surface area (Å²) in [7, 11) is 0. The van der Waals surface area contributed by atoms with Crippen LogP contribution in [0, 0.1) is 5.92 Å². The first kappa shape index (κ1) is 16.5. The van der Waals surface area contributed by atoms with Gasteiger partial charge in [0.15, 0.2) is 0 Å². The van der Waals surface area contributed by atoms with Crippen LogP contribution in [0.2, 0.25) is 0 Å². The van der Waals surface area contributed by atoms with E-state index in [1.165, 1.54) is 0 Å². The first-order chi connectivity index (χ1) is 8.86. The molecule has 0 spiro atoms. The number of hydrogen-bond acceptors (Lipinski definition) is 3. The second-order valence-corrected chi connectivity index (χ2v) is 6.25. The van der Waals surface area contributed by atoms with Crippen LogP contribution in [0.4, 0.5) is 0 Å². The summed E-state index contributed by atoms with van der Waals surface area (Å²) in [5.74, 6) is 0.977. The van der Waals surface area contributed by atoms with Gasteiger partial charge >= 0.3 is 0 Å². The molecule has 0 heterocycles. The van der Waals surface area contributed by atoms with Gasteiger partial charge in [-0.1, -0.05) is 36.7 Å². The van der Waals surface area contributed by atoms with Gasteiger partial charge in [0.05, 0.1) is 5.60 Å². The molecule has 1 aromatic carbocycles. The van der Waals surface area contributed by atoms with Gasteiger partial charge in [-0.15, -0.1) is 0 Å². The van der Waals surface area contributed by atoms with Crippen molar-refractivity contribution in [1.82, 2.24) is 5.32 Å². The van der Waals surface area contributed by atoms with Crippen molar-refractivity contribution in [3.8, 4) is 5.75 Å². The van der Waals surface area contributed by atoms with Crippen molar-refractivity contribution in [3.63, 3.8) is 0 Å². The van der Waals surface area contributed by atoms with Gasteiger partial charge in [0, 0.05) is 16.6 Å². The van der Waals surface area contributed by atoms with Crippen LogP contribution in [-0.2, 0) is 6.54 Å². The topological polar surface area (TPSA) is 41.5 Å². The average Bonchev–Trinajstić information content (AvgIpc) is 2.35. The van der Waals surface area contributed by atoms with Crippen molar-refractivity contribution < 1.29 is 9.84 Å². The summed E-state index contributed by atoms with van der Waals surface area (Å²) >= 11 is 3.47. The third-order valence-corrected chi connectivity index (χ3v) is 3.84. The fourth-order valence-electron chi connectivity index (χ4n) is 1.48. The van der Waals surface area contributed by atoms with Crippen molar-refractivity contribution in [2.75, 3.05) is 13.2 Å². The highest BCUT2D eigenvalue weighted by Gasteiger charge is 2.26. The molecule has 0 aliphatic carbocycles. The lowest BCUT2D eigenvalue weighted by Gasteiger charge is -2.28. The molecule has 0 aromatic heterocycles. The van der Waals surface area contributed by atoms with Crippen LogP contribution in [0.15, 0.2) is 22.7 Å². The van der Waals surface area contributed by atoms with E-state index in [4.69, 9.17) is 4.74 Å². The minimum Gasteiger partial charge on any atom is -0.490 e. The van der Waals surface area contributed by atoms with Gasteiger partial charge < -0.3 is 15.2 Å². The van der Waals surface area contributed by atoms with E-state index < -0.39 is 5.60 Å². The fraction of sp³-hybridized carbons (Fsp3) is 0.600. The number of halogens is 1. The maximum absolute atomic E-state index is 10.2. The quantitative estimate of drug-likeness (QED) is 0.806. The fourth-order valence-corrected chi connectivity index (χ4v) is 1.89. The van der Waals surface area contributed by atoms with Crippen LogP contribution in [0.3, 0.4) is 0 Å². The van der Waals surface area contributed by atoms with Gasteiger partial charge in [0.1, 0.15) is 12.4 Å². The standard InChI is InChI=1S/C15H24BrNO2/c1-5-17-9-12-8-13(16)6-7-14(12)19-10-15(4,18)11(2)3/h6-8,11,17-18H,5,9-10H2,1-4H3. The molecule has 19 heavy (non-hydrogen) atoms. The van der Waals surface area contributed by atoms with E-state index in [-0.39, 0.29) is 5.92 Å². The summed E-state index contributed by atoms with van der Waals surface area (Å²) in [5.41, 5.74) is 0.276. The molecule has 0 saturated carbocycles. The molecule has 0 bridgehead atoms. The van der Waals surface area contributed by atoms with E-state index in [9.17, 15) is 5.11 Å². The van der Waals surface area contributed by atoms with Gasteiger partial charge in [0.25, 0.3) is 0 Å². The third-order valence-electron chi connectivity index (χ3n) is 3.35. The molecule has 0 amide bonds. The number of ether oxygens (including phenoxy) is 1. The van der Waals surface area contributed by atoms with Crippen LogP contribution in [-0.4, -0.2) is 23.9 Å². The van der Waals surface area contributed by atoms with Crippen LogP contribution in [0.25, 0.3) is 0 Å². The molecule has 3 nitrogen and oxygen atoms in total. The molecule has 0 aliphatic heterocycles. The minimum atomic E-state index is -0.817. The molecule has 1 rings (SSSR count). The van der Waals surface area contributed by atoms with E-state index in [2.05, 4.69) is 28.2 Å². The number of benzene rings is 1. The predicted molar refractivity (Wildman–Crippen MR) is 82.5 cm³/mol. The Morgan fingerprint density at radius 1 is 1.42 bits per heavy atom. The molecular formula is C15H24BrNO2. The lowest BCUT2D eigenvalue weighted by Crippen LogP contribution is -2.38. The van der Waals surface area contributed by atoms with Gasteiger partial charge in [-0.2, -0.15) is 0 Å². The van der Waals surface area contributed by atoms with Gasteiger partial charge in [-0.25, -0.2) is 0 Å². The van der Waals surface area contributed by atoms with E-state index >= 15 is 0 Å². The molecule has 0 fully saturated rings. The molecule has 1 aromatic rings.